The minimum absolute atomic E-state index is 0.568. The molecule has 0 aliphatic carbocycles. The van der Waals surface area contributed by atoms with Crippen LogP contribution in [0.3, 0.4) is 0 Å². The van der Waals surface area contributed by atoms with Gasteiger partial charge in [-0.3, -0.25) is 0 Å². The molecule has 1 aromatic heterocycles. The Morgan fingerprint density at radius 1 is 0.383 bits per heavy atom. The highest BCUT2D eigenvalue weighted by Crippen LogP contribution is 2.36. The number of hydrogen-bond acceptors (Lipinski definition) is 3. The van der Waals surface area contributed by atoms with Crippen LogP contribution in [0.2, 0.25) is 0 Å². The van der Waals surface area contributed by atoms with E-state index in [4.69, 9.17) is 15.0 Å². The lowest BCUT2D eigenvalue weighted by atomic mass is 9.91. The third-order valence-corrected chi connectivity index (χ3v) is 8.30. The van der Waals surface area contributed by atoms with Crippen LogP contribution in [0.15, 0.2) is 164 Å². The zero-order chi connectivity index (χ0) is 32.0. The highest BCUT2D eigenvalue weighted by atomic mass is 15.0. The fraction of sp³-hybridized carbons (Fsp3) is 0.0682. The number of nitrogens with zero attached hydrogens (tertiary/aromatic N) is 3. The second kappa shape index (κ2) is 13.6. The minimum atomic E-state index is 0.568. The molecular weight excluding hydrogens is 571 g/mol. The van der Waals surface area contributed by atoms with Crippen LogP contribution in [0.1, 0.15) is 25.2 Å². The van der Waals surface area contributed by atoms with Gasteiger partial charge in [0.2, 0.25) is 0 Å². The number of rotatable bonds is 6. The van der Waals surface area contributed by atoms with Crippen molar-refractivity contribution in [3.8, 4) is 45.0 Å². The lowest BCUT2D eigenvalue weighted by Gasteiger charge is -2.14. The summed E-state index contributed by atoms with van der Waals surface area (Å²) in [7, 11) is 0. The molecule has 8 aromatic rings. The van der Waals surface area contributed by atoms with Gasteiger partial charge in [-0.1, -0.05) is 172 Å². The van der Waals surface area contributed by atoms with E-state index < -0.39 is 0 Å². The summed E-state index contributed by atoms with van der Waals surface area (Å²) in [5, 5.41) is 4.92. The van der Waals surface area contributed by atoms with E-state index in [1.807, 2.05) is 74.5 Å². The topological polar surface area (TPSA) is 38.7 Å². The van der Waals surface area contributed by atoms with Crippen molar-refractivity contribution in [3.63, 3.8) is 0 Å². The van der Waals surface area contributed by atoms with Gasteiger partial charge in [-0.2, -0.15) is 0 Å². The first-order valence-electron chi connectivity index (χ1n) is 16.2. The molecule has 0 saturated heterocycles. The average Bonchev–Trinajstić information content (AvgIpc) is 3.15. The molecule has 3 nitrogen and oxygen atoms in total. The number of benzene rings is 7. The summed E-state index contributed by atoms with van der Waals surface area (Å²) >= 11 is 0. The van der Waals surface area contributed by atoms with Crippen molar-refractivity contribution >= 4 is 21.5 Å². The van der Waals surface area contributed by atoms with Crippen LogP contribution < -0.4 is 0 Å². The van der Waals surface area contributed by atoms with E-state index >= 15 is 0 Å². The Labute approximate surface area is 276 Å². The second-order valence-corrected chi connectivity index (χ2v) is 11.3. The van der Waals surface area contributed by atoms with E-state index in [2.05, 4.69) is 103 Å². The molecule has 3 heteroatoms. The van der Waals surface area contributed by atoms with Crippen molar-refractivity contribution in [2.75, 3.05) is 0 Å². The maximum absolute atomic E-state index is 5.01. The highest BCUT2D eigenvalue weighted by molar-refractivity contribution is 6.00. The van der Waals surface area contributed by atoms with Crippen LogP contribution in [0.4, 0.5) is 0 Å². The average molecular weight is 606 g/mol. The fourth-order valence-corrected chi connectivity index (χ4v) is 6.17. The fourth-order valence-electron chi connectivity index (χ4n) is 6.17. The van der Waals surface area contributed by atoms with E-state index in [1.54, 1.807) is 0 Å². The van der Waals surface area contributed by atoms with Gasteiger partial charge in [0, 0.05) is 17.5 Å². The Bertz CT molecular complexity index is 2130. The Morgan fingerprint density at radius 2 is 0.809 bits per heavy atom. The summed E-state index contributed by atoms with van der Waals surface area (Å²) in [6, 6.07) is 57.5. The predicted octanol–water partition coefficient (Wildman–Crippen LogP) is 11.5. The van der Waals surface area contributed by atoms with Gasteiger partial charge in [-0.25, -0.2) is 15.0 Å². The molecular formula is C44H35N3. The molecule has 0 fully saturated rings. The number of aromatic nitrogens is 3. The van der Waals surface area contributed by atoms with Crippen molar-refractivity contribution in [3.05, 3.63) is 175 Å². The van der Waals surface area contributed by atoms with Crippen molar-refractivity contribution < 1.29 is 0 Å². The smallest absolute Gasteiger partial charge is 0.163 e. The van der Waals surface area contributed by atoms with Crippen molar-refractivity contribution in [2.45, 2.75) is 20.3 Å². The Kier molecular flexibility index (Phi) is 8.61. The number of hydrogen-bond donors (Lipinski definition) is 0. The molecule has 0 amide bonds. The van der Waals surface area contributed by atoms with Crippen LogP contribution in [-0.4, -0.2) is 15.0 Å². The van der Waals surface area contributed by atoms with Crippen LogP contribution >= 0.6 is 0 Å². The molecule has 47 heavy (non-hydrogen) atoms. The summed E-state index contributed by atoms with van der Waals surface area (Å²) in [6.45, 7) is 4.00. The first-order valence-corrected chi connectivity index (χ1v) is 16.2. The minimum Gasteiger partial charge on any atom is -0.213 e. The van der Waals surface area contributed by atoms with E-state index in [9.17, 15) is 0 Å². The first kappa shape index (κ1) is 29.8. The third kappa shape index (κ3) is 6.29. The maximum Gasteiger partial charge on any atom is 0.163 e. The Morgan fingerprint density at radius 3 is 1.30 bits per heavy atom. The van der Waals surface area contributed by atoms with Gasteiger partial charge < -0.3 is 0 Å². The zero-order valence-electron chi connectivity index (χ0n) is 26.6. The van der Waals surface area contributed by atoms with E-state index in [0.717, 1.165) is 22.5 Å². The standard InChI is InChI=1S/C42H29N3.C2H6/c1-3-15-32(16-4-1)41-43-40(44-42(45-41)33-17-5-2-6-18-33)27-29-25-34(38-23-11-19-30-13-7-9-21-36(30)38)28-35(26-29)39-24-12-20-31-14-8-10-22-37(31)39;1-2/h1-26,28H,27H2;1-2H3. The lowest BCUT2D eigenvalue weighted by Crippen LogP contribution is -2.04. The normalized spacial score (nSPS) is 10.9. The van der Waals surface area contributed by atoms with Crippen molar-refractivity contribution in [2.24, 2.45) is 0 Å². The summed E-state index contributed by atoms with van der Waals surface area (Å²) in [5.41, 5.74) is 7.86. The Balaban J connectivity index is 0.00000172. The molecule has 8 rings (SSSR count). The highest BCUT2D eigenvalue weighted by Gasteiger charge is 2.14. The molecule has 0 aliphatic rings. The third-order valence-electron chi connectivity index (χ3n) is 8.30. The van der Waals surface area contributed by atoms with Crippen molar-refractivity contribution in [1.29, 1.82) is 0 Å². The van der Waals surface area contributed by atoms with Crippen LogP contribution in [0.25, 0.3) is 66.6 Å². The first-order chi connectivity index (χ1) is 23.3. The van der Waals surface area contributed by atoms with Gasteiger partial charge in [-0.05, 0) is 55.4 Å². The molecule has 226 valence electrons. The molecule has 1 heterocycles. The van der Waals surface area contributed by atoms with Gasteiger partial charge in [-0.15, -0.1) is 0 Å². The zero-order valence-corrected chi connectivity index (χ0v) is 26.6. The second-order valence-electron chi connectivity index (χ2n) is 11.3. The van der Waals surface area contributed by atoms with Crippen molar-refractivity contribution in [1.82, 2.24) is 15.0 Å². The molecule has 0 unspecified atom stereocenters. The SMILES string of the molecule is CC.c1ccc(-c2nc(Cc3cc(-c4cccc5ccccc45)cc(-c4cccc5ccccc45)c3)nc(-c3ccccc3)n2)cc1. The summed E-state index contributed by atoms with van der Waals surface area (Å²) in [4.78, 5) is 14.9. The van der Waals surface area contributed by atoms with E-state index in [1.165, 1.54) is 43.8 Å². The van der Waals surface area contributed by atoms with Gasteiger partial charge in [0.25, 0.3) is 0 Å². The maximum atomic E-state index is 5.01. The van der Waals surface area contributed by atoms with Gasteiger partial charge >= 0.3 is 0 Å². The lowest BCUT2D eigenvalue weighted by molar-refractivity contribution is 0.933. The quantitative estimate of drug-likeness (QED) is 0.189. The molecule has 7 aromatic carbocycles. The molecule has 0 radical (unpaired) electrons. The van der Waals surface area contributed by atoms with Gasteiger partial charge in [0.1, 0.15) is 5.82 Å². The summed E-state index contributed by atoms with van der Waals surface area (Å²) < 4.78 is 0. The summed E-state index contributed by atoms with van der Waals surface area (Å²) in [6.07, 6.45) is 0.568. The molecule has 0 aliphatic heterocycles. The molecule has 0 atom stereocenters. The molecule has 0 bridgehead atoms. The van der Waals surface area contributed by atoms with E-state index in [0.29, 0.717) is 18.1 Å². The Hall–Kier alpha value is -5.93. The van der Waals surface area contributed by atoms with Crippen LogP contribution in [-0.2, 0) is 6.42 Å². The number of fused-ring (bicyclic) bond motifs is 2. The predicted molar refractivity (Wildman–Crippen MR) is 197 cm³/mol. The summed E-state index contributed by atoms with van der Waals surface area (Å²) in [5.74, 6) is 2.10. The molecule has 0 saturated carbocycles. The van der Waals surface area contributed by atoms with Crippen LogP contribution in [0.5, 0.6) is 0 Å². The van der Waals surface area contributed by atoms with Gasteiger partial charge in [0.05, 0.1) is 0 Å². The molecule has 0 N–H and O–H groups in total. The monoisotopic (exact) mass is 605 g/mol. The van der Waals surface area contributed by atoms with Gasteiger partial charge in [0.15, 0.2) is 11.6 Å². The van der Waals surface area contributed by atoms with E-state index in [-0.39, 0.29) is 0 Å². The molecule has 0 spiro atoms. The van der Waals surface area contributed by atoms with Crippen LogP contribution in [0, 0.1) is 0 Å². The largest absolute Gasteiger partial charge is 0.213 e.